The zero-order chi connectivity index (χ0) is 17.6. The molecule has 2 aromatic heterocycles. The number of fused-ring (bicyclic) bond motifs is 1. The number of rotatable bonds is 7. The molecular formula is C20H23N3O2. The third kappa shape index (κ3) is 4.45. The van der Waals surface area contributed by atoms with E-state index in [-0.39, 0.29) is 12.0 Å². The van der Waals surface area contributed by atoms with Gasteiger partial charge in [0.2, 0.25) is 0 Å². The van der Waals surface area contributed by atoms with E-state index in [9.17, 15) is 4.79 Å². The van der Waals surface area contributed by atoms with Gasteiger partial charge in [0.05, 0.1) is 11.8 Å². The largest absolute Gasteiger partial charge is 0.379 e. The molecule has 2 heterocycles. The van der Waals surface area contributed by atoms with E-state index >= 15 is 0 Å². The van der Waals surface area contributed by atoms with E-state index in [1.54, 1.807) is 0 Å². The van der Waals surface area contributed by atoms with Gasteiger partial charge in [-0.3, -0.25) is 4.79 Å². The number of benzene rings is 1. The number of amides is 1. The molecule has 3 aromatic rings. The van der Waals surface area contributed by atoms with E-state index in [4.69, 9.17) is 4.74 Å². The Hall–Kier alpha value is -2.66. The van der Waals surface area contributed by atoms with Crippen molar-refractivity contribution in [1.29, 1.82) is 0 Å². The maximum absolute atomic E-state index is 12.3. The number of imidazole rings is 1. The highest BCUT2D eigenvalue weighted by atomic mass is 16.5. The molecule has 0 fully saturated rings. The predicted octanol–water partition coefficient (Wildman–Crippen LogP) is 3.55. The van der Waals surface area contributed by atoms with Crippen molar-refractivity contribution < 1.29 is 9.53 Å². The number of hydrogen-bond donors (Lipinski definition) is 1. The Labute approximate surface area is 147 Å². The Morgan fingerprint density at radius 2 is 2.04 bits per heavy atom. The summed E-state index contributed by atoms with van der Waals surface area (Å²) in [7, 11) is 0. The van der Waals surface area contributed by atoms with Crippen LogP contribution < -0.4 is 5.32 Å². The molecule has 3 rings (SSSR count). The minimum Gasteiger partial charge on any atom is -0.379 e. The lowest BCUT2D eigenvalue weighted by Gasteiger charge is -2.08. The fourth-order valence-corrected chi connectivity index (χ4v) is 2.57. The summed E-state index contributed by atoms with van der Waals surface area (Å²) < 4.78 is 7.39. The van der Waals surface area contributed by atoms with Crippen LogP contribution in [0.1, 0.15) is 30.6 Å². The summed E-state index contributed by atoms with van der Waals surface area (Å²) in [5.41, 5.74) is 3.32. The molecule has 1 aromatic carbocycles. The van der Waals surface area contributed by atoms with Crippen LogP contribution in [-0.2, 0) is 4.74 Å². The fourth-order valence-electron chi connectivity index (χ4n) is 2.57. The Morgan fingerprint density at radius 1 is 1.24 bits per heavy atom. The number of ether oxygens (including phenoxy) is 1. The van der Waals surface area contributed by atoms with Crippen molar-refractivity contribution in [3.8, 4) is 11.3 Å². The second kappa shape index (κ2) is 7.94. The zero-order valence-electron chi connectivity index (χ0n) is 14.6. The van der Waals surface area contributed by atoms with E-state index in [1.807, 2.05) is 73.1 Å². The first kappa shape index (κ1) is 17.2. The van der Waals surface area contributed by atoms with Gasteiger partial charge >= 0.3 is 0 Å². The van der Waals surface area contributed by atoms with Gasteiger partial charge in [0.25, 0.3) is 5.91 Å². The Kier molecular flexibility index (Phi) is 5.46. The lowest BCUT2D eigenvalue weighted by atomic mass is 10.2. The molecule has 0 bridgehead atoms. The molecule has 0 atom stereocenters. The summed E-state index contributed by atoms with van der Waals surface area (Å²) >= 11 is 0. The van der Waals surface area contributed by atoms with Crippen molar-refractivity contribution in [2.45, 2.75) is 26.4 Å². The summed E-state index contributed by atoms with van der Waals surface area (Å²) in [5.74, 6) is -0.0868. The van der Waals surface area contributed by atoms with Gasteiger partial charge in [0, 0.05) is 36.7 Å². The van der Waals surface area contributed by atoms with E-state index in [1.165, 1.54) is 0 Å². The van der Waals surface area contributed by atoms with Crippen molar-refractivity contribution in [2.75, 3.05) is 13.2 Å². The van der Waals surface area contributed by atoms with Gasteiger partial charge in [0.1, 0.15) is 5.65 Å². The number of hydrogen-bond acceptors (Lipinski definition) is 3. The smallest absolute Gasteiger partial charge is 0.251 e. The van der Waals surface area contributed by atoms with Gasteiger partial charge < -0.3 is 14.5 Å². The van der Waals surface area contributed by atoms with Crippen LogP contribution in [0.4, 0.5) is 0 Å². The molecule has 0 aliphatic carbocycles. The summed E-state index contributed by atoms with van der Waals surface area (Å²) in [4.78, 5) is 16.9. The van der Waals surface area contributed by atoms with Gasteiger partial charge in [-0.05, 0) is 32.4 Å². The molecule has 0 saturated heterocycles. The number of carbonyl (C=O) groups excluding carboxylic acids is 1. The molecule has 5 heteroatoms. The molecule has 0 aliphatic rings. The molecule has 1 N–H and O–H groups in total. The van der Waals surface area contributed by atoms with Crippen LogP contribution in [0.25, 0.3) is 16.9 Å². The third-order valence-electron chi connectivity index (χ3n) is 3.85. The number of aromatic nitrogens is 2. The second-order valence-electron chi connectivity index (χ2n) is 6.20. The maximum atomic E-state index is 12.3. The summed E-state index contributed by atoms with van der Waals surface area (Å²) in [6.07, 6.45) is 4.85. The first-order chi connectivity index (χ1) is 12.1. The number of nitrogens with zero attached hydrogens (tertiary/aromatic N) is 2. The number of pyridine rings is 1. The van der Waals surface area contributed by atoms with Crippen molar-refractivity contribution in [3.05, 3.63) is 60.4 Å². The normalized spacial score (nSPS) is 11.2. The standard InChI is InChI=1S/C20H23N3O2/c1-15(2)25-12-6-10-21-20(24)17-9-11-23-14-18(22-19(23)13-17)16-7-4-3-5-8-16/h3-5,7-9,11,13-15H,6,10,12H2,1-2H3,(H,21,24). The second-order valence-corrected chi connectivity index (χ2v) is 6.20. The van der Waals surface area contributed by atoms with E-state index in [0.717, 1.165) is 23.3 Å². The molecule has 0 spiro atoms. The zero-order valence-corrected chi connectivity index (χ0v) is 14.6. The predicted molar refractivity (Wildman–Crippen MR) is 98.7 cm³/mol. The molecule has 25 heavy (non-hydrogen) atoms. The number of nitrogens with one attached hydrogen (secondary N) is 1. The van der Waals surface area contributed by atoms with Crippen LogP contribution in [0, 0.1) is 0 Å². The van der Waals surface area contributed by atoms with Gasteiger partial charge in [0.15, 0.2) is 0 Å². The molecule has 130 valence electrons. The summed E-state index contributed by atoms with van der Waals surface area (Å²) in [6, 6.07) is 13.6. The molecular weight excluding hydrogens is 314 g/mol. The first-order valence-electron chi connectivity index (χ1n) is 8.57. The summed E-state index contributed by atoms with van der Waals surface area (Å²) in [5, 5.41) is 2.92. The molecule has 0 aliphatic heterocycles. The minimum absolute atomic E-state index is 0.0868. The van der Waals surface area contributed by atoms with Crippen LogP contribution in [0.15, 0.2) is 54.9 Å². The average molecular weight is 337 g/mol. The Balaban J connectivity index is 1.65. The van der Waals surface area contributed by atoms with Gasteiger partial charge in [-0.1, -0.05) is 30.3 Å². The lowest BCUT2D eigenvalue weighted by molar-refractivity contribution is 0.0757. The fraction of sp³-hybridized carbons (Fsp3) is 0.300. The van der Waals surface area contributed by atoms with Crippen LogP contribution in [-0.4, -0.2) is 34.5 Å². The van der Waals surface area contributed by atoms with Gasteiger partial charge in [-0.2, -0.15) is 0 Å². The molecule has 0 radical (unpaired) electrons. The van der Waals surface area contributed by atoms with Gasteiger partial charge in [-0.25, -0.2) is 4.98 Å². The highest BCUT2D eigenvalue weighted by molar-refractivity contribution is 5.95. The molecule has 0 unspecified atom stereocenters. The highest BCUT2D eigenvalue weighted by Crippen LogP contribution is 2.19. The Morgan fingerprint density at radius 3 is 2.80 bits per heavy atom. The third-order valence-corrected chi connectivity index (χ3v) is 3.85. The first-order valence-corrected chi connectivity index (χ1v) is 8.57. The summed E-state index contributed by atoms with van der Waals surface area (Å²) in [6.45, 7) is 5.25. The highest BCUT2D eigenvalue weighted by Gasteiger charge is 2.09. The van der Waals surface area contributed by atoms with Crippen LogP contribution in [0.3, 0.4) is 0 Å². The van der Waals surface area contributed by atoms with Crippen molar-refractivity contribution in [1.82, 2.24) is 14.7 Å². The maximum Gasteiger partial charge on any atom is 0.251 e. The van der Waals surface area contributed by atoms with Crippen molar-refractivity contribution in [3.63, 3.8) is 0 Å². The number of carbonyl (C=O) groups is 1. The lowest BCUT2D eigenvalue weighted by Crippen LogP contribution is -2.25. The monoisotopic (exact) mass is 337 g/mol. The van der Waals surface area contributed by atoms with E-state index in [2.05, 4.69) is 10.3 Å². The SMILES string of the molecule is CC(C)OCCCNC(=O)c1ccn2cc(-c3ccccc3)nc2c1. The van der Waals surface area contributed by atoms with Crippen molar-refractivity contribution >= 4 is 11.6 Å². The van der Waals surface area contributed by atoms with Crippen LogP contribution in [0.5, 0.6) is 0 Å². The Bertz CT molecular complexity index is 841. The van der Waals surface area contributed by atoms with Crippen LogP contribution >= 0.6 is 0 Å². The van der Waals surface area contributed by atoms with Crippen molar-refractivity contribution in [2.24, 2.45) is 0 Å². The van der Waals surface area contributed by atoms with E-state index in [0.29, 0.717) is 18.7 Å². The van der Waals surface area contributed by atoms with Gasteiger partial charge in [-0.15, -0.1) is 0 Å². The molecule has 1 amide bonds. The topological polar surface area (TPSA) is 55.6 Å². The molecule has 5 nitrogen and oxygen atoms in total. The molecule has 0 saturated carbocycles. The minimum atomic E-state index is -0.0868. The van der Waals surface area contributed by atoms with Crippen LogP contribution in [0.2, 0.25) is 0 Å². The quantitative estimate of drug-likeness (QED) is 0.671. The van der Waals surface area contributed by atoms with E-state index < -0.39 is 0 Å². The average Bonchev–Trinajstić information content (AvgIpc) is 3.05.